The number of pyridine rings is 1. The molecule has 8 heteroatoms. The molecule has 7 nitrogen and oxygen atoms in total. The summed E-state index contributed by atoms with van der Waals surface area (Å²) in [6.45, 7) is 1.15. The van der Waals surface area contributed by atoms with Gasteiger partial charge in [0.2, 0.25) is 5.91 Å². The maximum absolute atomic E-state index is 12.2. The first kappa shape index (κ1) is 19.7. The number of para-hydroxylation sites is 1. The van der Waals surface area contributed by atoms with Crippen molar-refractivity contribution in [3.05, 3.63) is 66.7 Å². The molecule has 0 unspecified atom stereocenters. The van der Waals surface area contributed by atoms with Crippen molar-refractivity contribution in [3.8, 4) is 5.75 Å². The summed E-state index contributed by atoms with van der Waals surface area (Å²) in [5, 5.41) is 5.18. The van der Waals surface area contributed by atoms with Crippen LogP contribution in [0.2, 0.25) is 0 Å². The molecule has 0 saturated carbocycles. The SMILES string of the molecule is COc1ccc2nc3ccccc3c(Nc3ccc(S(=O)(=O)NC(C)=O)cc3)c2c1. The Hall–Kier alpha value is -3.65. The number of rotatable bonds is 5. The van der Waals surface area contributed by atoms with Crippen LogP contribution in [0, 0.1) is 0 Å². The largest absolute Gasteiger partial charge is 0.497 e. The molecule has 1 amide bonds. The molecule has 0 aliphatic carbocycles. The maximum atomic E-state index is 12.2. The van der Waals surface area contributed by atoms with Gasteiger partial charge < -0.3 is 10.1 Å². The molecule has 0 radical (unpaired) electrons. The van der Waals surface area contributed by atoms with Crippen molar-refractivity contribution in [3.63, 3.8) is 0 Å². The Labute approximate surface area is 173 Å². The molecule has 1 heterocycles. The summed E-state index contributed by atoms with van der Waals surface area (Å²) < 4.78 is 31.6. The summed E-state index contributed by atoms with van der Waals surface area (Å²) in [5.74, 6) is 0.0697. The topological polar surface area (TPSA) is 97.4 Å². The third kappa shape index (κ3) is 3.77. The van der Waals surface area contributed by atoms with Crippen LogP contribution in [0.25, 0.3) is 21.8 Å². The minimum Gasteiger partial charge on any atom is -0.497 e. The lowest BCUT2D eigenvalue weighted by atomic mass is 10.1. The molecule has 4 aromatic rings. The number of ether oxygens (including phenoxy) is 1. The minimum atomic E-state index is -3.88. The summed E-state index contributed by atoms with van der Waals surface area (Å²) >= 11 is 0. The molecule has 0 bridgehead atoms. The van der Waals surface area contributed by atoms with Crippen LogP contribution in [-0.4, -0.2) is 26.4 Å². The molecule has 152 valence electrons. The zero-order chi connectivity index (χ0) is 21.3. The highest BCUT2D eigenvalue weighted by Crippen LogP contribution is 2.35. The summed E-state index contributed by atoms with van der Waals surface area (Å²) in [6.07, 6.45) is 0. The lowest BCUT2D eigenvalue weighted by Gasteiger charge is -2.14. The van der Waals surface area contributed by atoms with E-state index >= 15 is 0 Å². The molecule has 2 N–H and O–H groups in total. The number of amides is 1. The summed E-state index contributed by atoms with van der Waals surface area (Å²) in [4.78, 5) is 15.8. The lowest BCUT2D eigenvalue weighted by molar-refractivity contribution is -0.117. The second-order valence-electron chi connectivity index (χ2n) is 6.70. The second-order valence-corrected chi connectivity index (χ2v) is 8.38. The van der Waals surface area contributed by atoms with Crippen LogP contribution in [0.3, 0.4) is 0 Å². The van der Waals surface area contributed by atoms with Gasteiger partial charge in [0, 0.05) is 23.4 Å². The van der Waals surface area contributed by atoms with Crippen LogP contribution in [0.4, 0.5) is 11.4 Å². The van der Waals surface area contributed by atoms with E-state index in [0.29, 0.717) is 11.4 Å². The van der Waals surface area contributed by atoms with Gasteiger partial charge in [-0.1, -0.05) is 18.2 Å². The van der Waals surface area contributed by atoms with Crippen molar-refractivity contribution in [2.24, 2.45) is 0 Å². The standard InChI is InChI=1S/C22H19N3O4S/c1-14(26)25-30(27,28)17-10-7-15(8-11-17)23-22-18-5-3-4-6-20(18)24-21-12-9-16(29-2)13-19(21)22/h3-13H,1-2H3,(H,23,24)(H,25,26). The van der Waals surface area contributed by atoms with Crippen LogP contribution < -0.4 is 14.8 Å². The van der Waals surface area contributed by atoms with E-state index in [1.807, 2.05) is 47.2 Å². The van der Waals surface area contributed by atoms with Gasteiger partial charge in [-0.05, 0) is 48.5 Å². The molecular formula is C22H19N3O4S. The van der Waals surface area contributed by atoms with Crippen molar-refractivity contribution >= 4 is 49.1 Å². The van der Waals surface area contributed by atoms with Gasteiger partial charge in [-0.25, -0.2) is 18.1 Å². The Bertz CT molecular complexity index is 1370. The van der Waals surface area contributed by atoms with E-state index in [2.05, 4.69) is 5.32 Å². The number of hydrogen-bond acceptors (Lipinski definition) is 6. The van der Waals surface area contributed by atoms with Gasteiger partial charge >= 0.3 is 0 Å². The zero-order valence-electron chi connectivity index (χ0n) is 16.3. The van der Waals surface area contributed by atoms with Crippen LogP contribution in [0.15, 0.2) is 71.6 Å². The number of benzene rings is 3. The fourth-order valence-electron chi connectivity index (χ4n) is 3.24. The Balaban J connectivity index is 1.80. The predicted octanol–water partition coefficient (Wildman–Crippen LogP) is 3.97. The molecule has 4 rings (SSSR count). The lowest BCUT2D eigenvalue weighted by Crippen LogP contribution is -2.28. The number of nitrogens with zero attached hydrogens (tertiary/aromatic N) is 1. The monoisotopic (exact) mass is 421 g/mol. The summed E-state index contributed by atoms with van der Waals surface area (Å²) in [7, 11) is -2.27. The van der Waals surface area contributed by atoms with Gasteiger partial charge in [0.05, 0.1) is 28.7 Å². The quantitative estimate of drug-likeness (QED) is 0.473. The zero-order valence-corrected chi connectivity index (χ0v) is 17.2. The van der Waals surface area contributed by atoms with Crippen LogP contribution >= 0.6 is 0 Å². The van der Waals surface area contributed by atoms with Crippen LogP contribution in [-0.2, 0) is 14.8 Å². The molecule has 1 aromatic heterocycles. The van der Waals surface area contributed by atoms with Crippen LogP contribution in [0.1, 0.15) is 6.92 Å². The average Bonchev–Trinajstić information content (AvgIpc) is 2.73. The molecule has 0 aliphatic heterocycles. The van der Waals surface area contributed by atoms with Crippen molar-refractivity contribution in [2.45, 2.75) is 11.8 Å². The highest BCUT2D eigenvalue weighted by molar-refractivity contribution is 7.90. The number of anilines is 2. The number of sulfonamides is 1. The van der Waals surface area contributed by atoms with Crippen molar-refractivity contribution in [1.82, 2.24) is 9.71 Å². The minimum absolute atomic E-state index is 0.00867. The Morgan fingerprint density at radius 2 is 1.63 bits per heavy atom. The van der Waals surface area contributed by atoms with E-state index in [0.717, 1.165) is 34.4 Å². The number of aromatic nitrogens is 1. The molecule has 0 saturated heterocycles. The molecule has 0 atom stereocenters. The molecule has 30 heavy (non-hydrogen) atoms. The second kappa shape index (κ2) is 7.64. The van der Waals surface area contributed by atoms with Gasteiger partial charge in [0.15, 0.2) is 0 Å². The normalized spacial score (nSPS) is 11.4. The van der Waals surface area contributed by atoms with E-state index in [9.17, 15) is 13.2 Å². The van der Waals surface area contributed by atoms with Gasteiger partial charge in [0.1, 0.15) is 5.75 Å². The van der Waals surface area contributed by atoms with Gasteiger partial charge in [-0.3, -0.25) is 4.79 Å². The first-order valence-corrected chi connectivity index (χ1v) is 10.6. The Morgan fingerprint density at radius 1 is 0.933 bits per heavy atom. The maximum Gasteiger partial charge on any atom is 0.264 e. The number of hydrogen-bond donors (Lipinski definition) is 2. The smallest absolute Gasteiger partial charge is 0.264 e. The van der Waals surface area contributed by atoms with Crippen molar-refractivity contribution < 1.29 is 17.9 Å². The van der Waals surface area contributed by atoms with Gasteiger partial charge in [-0.2, -0.15) is 0 Å². The number of carbonyl (C=O) groups excluding carboxylic acids is 1. The summed E-state index contributed by atoms with van der Waals surface area (Å²) in [5.41, 5.74) is 3.17. The fraction of sp³-hybridized carbons (Fsp3) is 0.0909. The molecule has 3 aromatic carbocycles. The highest BCUT2D eigenvalue weighted by atomic mass is 32.2. The van der Waals surface area contributed by atoms with E-state index in [4.69, 9.17) is 9.72 Å². The highest BCUT2D eigenvalue weighted by Gasteiger charge is 2.16. The third-order valence-corrected chi connectivity index (χ3v) is 6.05. The Kier molecular flexibility index (Phi) is 5.01. The van der Waals surface area contributed by atoms with Crippen molar-refractivity contribution in [1.29, 1.82) is 0 Å². The summed E-state index contributed by atoms with van der Waals surface area (Å²) in [6, 6.07) is 19.6. The molecular weight excluding hydrogens is 402 g/mol. The number of carbonyl (C=O) groups is 1. The van der Waals surface area contributed by atoms with E-state index in [-0.39, 0.29) is 4.90 Å². The fourth-order valence-corrected chi connectivity index (χ4v) is 4.23. The first-order chi connectivity index (χ1) is 14.4. The predicted molar refractivity (Wildman–Crippen MR) is 117 cm³/mol. The number of nitrogens with one attached hydrogen (secondary N) is 2. The van der Waals surface area contributed by atoms with E-state index in [1.165, 1.54) is 12.1 Å². The van der Waals surface area contributed by atoms with Crippen molar-refractivity contribution in [2.75, 3.05) is 12.4 Å². The van der Waals surface area contributed by atoms with E-state index < -0.39 is 15.9 Å². The van der Waals surface area contributed by atoms with Gasteiger partial charge in [-0.15, -0.1) is 0 Å². The van der Waals surface area contributed by atoms with E-state index in [1.54, 1.807) is 19.2 Å². The molecule has 0 fully saturated rings. The average molecular weight is 421 g/mol. The Morgan fingerprint density at radius 3 is 2.33 bits per heavy atom. The number of fused-ring (bicyclic) bond motifs is 2. The van der Waals surface area contributed by atoms with Gasteiger partial charge in [0.25, 0.3) is 10.0 Å². The number of methoxy groups -OCH3 is 1. The van der Waals surface area contributed by atoms with Crippen LogP contribution in [0.5, 0.6) is 5.75 Å². The molecule has 0 spiro atoms. The first-order valence-electron chi connectivity index (χ1n) is 9.14. The third-order valence-electron chi connectivity index (χ3n) is 4.60. The molecule has 0 aliphatic rings.